The monoisotopic (exact) mass is 438 g/mol. The van der Waals surface area contributed by atoms with Gasteiger partial charge in [-0.1, -0.05) is 0 Å². The molecule has 0 unspecified atom stereocenters. The van der Waals surface area contributed by atoms with Gasteiger partial charge in [0.25, 0.3) is 0 Å². The molecule has 10 nitrogen and oxygen atoms in total. The predicted octanol–water partition coefficient (Wildman–Crippen LogP) is -0.294. The highest BCUT2D eigenvalue weighted by Gasteiger charge is 2.48. The van der Waals surface area contributed by atoms with Crippen LogP contribution in [0, 0.1) is 6.92 Å². The van der Waals surface area contributed by atoms with Crippen LogP contribution in [0.1, 0.15) is 25.2 Å². The molecule has 1 aromatic heterocycles. The van der Waals surface area contributed by atoms with Crippen molar-refractivity contribution in [3.8, 4) is 11.5 Å². The van der Waals surface area contributed by atoms with Gasteiger partial charge in [-0.25, -0.2) is 0 Å². The maximum atomic E-state index is 12.3. The van der Waals surface area contributed by atoms with Crippen LogP contribution in [-0.4, -0.2) is 74.6 Å². The lowest BCUT2D eigenvalue weighted by atomic mass is 9.94. The van der Waals surface area contributed by atoms with Crippen LogP contribution in [0.15, 0.2) is 21.3 Å². The molecule has 2 aliphatic rings. The maximum Gasteiger partial charge on any atom is 0.196 e. The van der Waals surface area contributed by atoms with Gasteiger partial charge in [-0.05, 0) is 20.8 Å². The number of hydrogen-bond donors (Lipinski definition) is 5. The summed E-state index contributed by atoms with van der Waals surface area (Å²) >= 11 is 0. The van der Waals surface area contributed by atoms with E-state index in [1.807, 2.05) is 0 Å². The van der Waals surface area contributed by atoms with Gasteiger partial charge in [-0.2, -0.15) is 0 Å². The molecule has 6 atom stereocenters. The molecule has 0 spiro atoms. The van der Waals surface area contributed by atoms with Crippen LogP contribution in [0.4, 0.5) is 0 Å². The van der Waals surface area contributed by atoms with Crippen LogP contribution in [0.5, 0.6) is 11.5 Å². The van der Waals surface area contributed by atoms with Gasteiger partial charge in [0.1, 0.15) is 64.3 Å². The van der Waals surface area contributed by atoms with Crippen LogP contribution in [0.3, 0.4) is 0 Å². The Kier molecular flexibility index (Phi) is 5.49. The van der Waals surface area contributed by atoms with Crippen LogP contribution < -0.4 is 10.2 Å². The number of phenols is 1. The molecule has 0 saturated carbocycles. The number of rotatable bonds is 4. The largest absolute Gasteiger partial charge is 0.507 e. The summed E-state index contributed by atoms with van der Waals surface area (Å²) in [6, 6.07) is 2.84. The summed E-state index contributed by atoms with van der Waals surface area (Å²) in [4.78, 5) is 12.3. The number of aliphatic hydroxyl groups excluding tert-OH is 4. The zero-order valence-corrected chi connectivity index (χ0v) is 17.3. The van der Waals surface area contributed by atoms with Crippen molar-refractivity contribution in [2.45, 2.75) is 69.6 Å². The van der Waals surface area contributed by atoms with Crippen LogP contribution >= 0.6 is 0 Å². The predicted molar refractivity (Wildman–Crippen MR) is 106 cm³/mol. The van der Waals surface area contributed by atoms with Crippen LogP contribution in [0.2, 0.25) is 0 Å². The Morgan fingerprint density at radius 1 is 1.16 bits per heavy atom. The molecule has 10 heteroatoms. The lowest BCUT2D eigenvalue weighted by Gasteiger charge is -2.43. The number of aryl methyl sites for hydroxylation is 1. The lowest BCUT2D eigenvalue weighted by molar-refractivity contribution is -0.329. The molecule has 2 aromatic rings. The quantitative estimate of drug-likeness (QED) is 0.429. The van der Waals surface area contributed by atoms with E-state index < -0.39 is 49.0 Å². The fraction of sp³-hybridized carbons (Fsp3) is 0.571. The van der Waals surface area contributed by atoms with Gasteiger partial charge in [-0.3, -0.25) is 4.79 Å². The molecule has 1 aromatic carbocycles. The van der Waals surface area contributed by atoms with Gasteiger partial charge < -0.3 is 44.2 Å². The first-order valence-corrected chi connectivity index (χ1v) is 9.97. The molecule has 5 N–H and O–H groups in total. The summed E-state index contributed by atoms with van der Waals surface area (Å²) in [5.74, 6) is 0.527. The van der Waals surface area contributed by atoms with Crippen molar-refractivity contribution in [3.05, 3.63) is 33.7 Å². The molecule has 0 bridgehead atoms. The third-order valence-corrected chi connectivity index (χ3v) is 5.88. The Balaban J connectivity index is 1.59. The number of benzene rings is 1. The average molecular weight is 438 g/mol. The second kappa shape index (κ2) is 7.73. The van der Waals surface area contributed by atoms with E-state index in [2.05, 4.69) is 0 Å². The summed E-state index contributed by atoms with van der Waals surface area (Å²) in [5.41, 5.74) is -0.827. The Morgan fingerprint density at radius 3 is 2.55 bits per heavy atom. The fourth-order valence-corrected chi connectivity index (χ4v) is 4.05. The first-order valence-electron chi connectivity index (χ1n) is 9.97. The second-order valence-electron chi connectivity index (χ2n) is 8.53. The highest BCUT2D eigenvalue weighted by molar-refractivity contribution is 5.87. The van der Waals surface area contributed by atoms with E-state index in [0.717, 1.165) is 0 Å². The molecule has 4 rings (SSSR count). The van der Waals surface area contributed by atoms with Crippen molar-refractivity contribution in [3.63, 3.8) is 0 Å². The number of aliphatic hydroxyl groups is 4. The molecule has 0 amide bonds. The number of aromatic hydroxyl groups is 1. The van der Waals surface area contributed by atoms with Crippen molar-refractivity contribution in [2.75, 3.05) is 6.61 Å². The second-order valence-corrected chi connectivity index (χ2v) is 8.53. The van der Waals surface area contributed by atoms with Crippen LogP contribution in [-0.2, 0) is 15.9 Å². The number of hydrogen-bond acceptors (Lipinski definition) is 10. The van der Waals surface area contributed by atoms with Crippen molar-refractivity contribution in [1.29, 1.82) is 0 Å². The van der Waals surface area contributed by atoms with E-state index in [-0.39, 0.29) is 28.6 Å². The smallest absolute Gasteiger partial charge is 0.196 e. The van der Waals surface area contributed by atoms with Crippen LogP contribution in [0.25, 0.3) is 11.0 Å². The van der Waals surface area contributed by atoms with Gasteiger partial charge in [0.15, 0.2) is 11.7 Å². The standard InChI is InChI=1S/C21H26O10/c1-8-4-10(23)15-12(28-8)6-11-9(16(15)24)5-14(29-11)21(2,3)31-20-19(27)18(26)17(25)13(7-22)30-20/h4,6,13-14,17-20,22,24-27H,5,7H2,1-3H3/t13-,14+,17-,18+,19-,20+/m1/s1. The minimum Gasteiger partial charge on any atom is -0.507 e. The minimum absolute atomic E-state index is 0.0706. The molecule has 0 aliphatic carbocycles. The lowest BCUT2D eigenvalue weighted by Crippen LogP contribution is -2.61. The molecule has 170 valence electrons. The topological polar surface area (TPSA) is 159 Å². The van der Waals surface area contributed by atoms with Gasteiger partial charge in [0.2, 0.25) is 0 Å². The molecular weight excluding hydrogens is 412 g/mol. The van der Waals surface area contributed by atoms with Gasteiger partial charge in [-0.15, -0.1) is 0 Å². The van der Waals surface area contributed by atoms with Gasteiger partial charge >= 0.3 is 0 Å². The Hall–Kier alpha value is -2.21. The molecule has 1 saturated heterocycles. The molecule has 3 heterocycles. The van der Waals surface area contributed by atoms with Gasteiger partial charge in [0, 0.05) is 24.1 Å². The molecule has 0 radical (unpaired) electrons. The summed E-state index contributed by atoms with van der Waals surface area (Å²) in [6.07, 6.45) is -7.49. The number of phenolic OH excluding ortho intramolecular Hbond substituents is 1. The van der Waals surface area contributed by atoms with Gasteiger partial charge in [0.05, 0.1) is 6.61 Å². The van der Waals surface area contributed by atoms with E-state index in [1.54, 1.807) is 26.8 Å². The van der Waals surface area contributed by atoms with Crippen molar-refractivity contribution in [2.24, 2.45) is 0 Å². The summed E-state index contributed by atoms with van der Waals surface area (Å²) in [7, 11) is 0. The van der Waals surface area contributed by atoms with Crippen molar-refractivity contribution in [1.82, 2.24) is 0 Å². The van der Waals surface area contributed by atoms with Crippen molar-refractivity contribution >= 4 is 11.0 Å². The Morgan fingerprint density at radius 2 is 1.87 bits per heavy atom. The minimum atomic E-state index is -1.57. The first kappa shape index (κ1) is 22.0. The van der Waals surface area contributed by atoms with E-state index >= 15 is 0 Å². The Bertz CT molecular complexity index is 1040. The SMILES string of the molecule is Cc1cc(=O)c2c(O)c3c(cc2o1)O[C@H](C(C)(C)O[C@@H]1O[C@H](CO)[C@@H](O)[C@H](O)[C@H]1O)C3. The molecular formula is C21H26O10. The first-order chi connectivity index (χ1) is 14.5. The number of fused-ring (bicyclic) bond motifs is 2. The van der Waals surface area contributed by atoms with E-state index in [0.29, 0.717) is 17.1 Å². The highest BCUT2D eigenvalue weighted by atomic mass is 16.7. The fourth-order valence-electron chi connectivity index (χ4n) is 4.05. The molecule has 31 heavy (non-hydrogen) atoms. The number of ether oxygens (including phenoxy) is 3. The third kappa shape index (κ3) is 3.69. The summed E-state index contributed by atoms with van der Waals surface area (Å²) in [6.45, 7) is 4.41. The summed E-state index contributed by atoms with van der Waals surface area (Å²) < 4.78 is 22.8. The highest BCUT2D eigenvalue weighted by Crippen LogP contribution is 2.43. The van der Waals surface area contributed by atoms with E-state index in [4.69, 9.17) is 18.6 Å². The zero-order valence-electron chi connectivity index (χ0n) is 17.3. The molecule has 2 aliphatic heterocycles. The third-order valence-electron chi connectivity index (χ3n) is 5.88. The van der Waals surface area contributed by atoms with E-state index in [1.165, 1.54) is 6.07 Å². The average Bonchev–Trinajstić information content (AvgIpc) is 3.13. The zero-order chi connectivity index (χ0) is 22.7. The maximum absolute atomic E-state index is 12.3. The Labute approximate surface area is 177 Å². The van der Waals surface area contributed by atoms with E-state index in [9.17, 15) is 30.3 Å². The molecule has 1 fully saturated rings. The summed E-state index contributed by atoms with van der Waals surface area (Å²) in [5, 5.41) is 50.3. The normalized spacial score (nSPS) is 30.9. The van der Waals surface area contributed by atoms with Crippen molar-refractivity contribution < 1.29 is 44.2 Å².